The summed E-state index contributed by atoms with van der Waals surface area (Å²) in [7, 11) is 0. The van der Waals surface area contributed by atoms with Crippen LogP contribution in [0.2, 0.25) is 0 Å². The minimum absolute atomic E-state index is 0.157. The van der Waals surface area contributed by atoms with Crippen molar-refractivity contribution in [3.63, 3.8) is 0 Å². The maximum Gasteiger partial charge on any atom is 0.268 e. The Morgan fingerprint density at radius 3 is 2.27 bits per heavy atom. The smallest absolute Gasteiger partial charge is 0.268 e. The average Bonchev–Trinajstić information content (AvgIpc) is 2.45. The Hall–Kier alpha value is -2.23. The number of rotatable bonds is 1. The van der Waals surface area contributed by atoms with Gasteiger partial charge in [0.25, 0.3) is 5.56 Å². The molecular formula is C13H4Br2F2N4O. The van der Waals surface area contributed by atoms with Gasteiger partial charge in [-0.15, -0.1) is 0 Å². The van der Waals surface area contributed by atoms with E-state index in [2.05, 4.69) is 36.8 Å². The lowest BCUT2D eigenvalue weighted by Crippen LogP contribution is -2.17. The highest BCUT2D eigenvalue weighted by Crippen LogP contribution is 2.39. The third-order valence-electron chi connectivity index (χ3n) is 2.83. The number of aromatic nitrogens is 1. The molecule has 0 aliphatic heterocycles. The van der Waals surface area contributed by atoms with Gasteiger partial charge in [0.2, 0.25) is 0 Å². The van der Waals surface area contributed by atoms with Crippen molar-refractivity contribution in [2.75, 3.05) is 5.73 Å². The maximum absolute atomic E-state index is 14.3. The summed E-state index contributed by atoms with van der Waals surface area (Å²) in [6.45, 7) is 0. The first kappa shape index (κ1) is 16.1. The van der Waals surface area contributed by atoms with E-state index in [1.807, 2.05) is 0 Å². The molecule has 0 bridgehead atoms. The van der Waals surface area contributed by atoms with Crippen molar-refractivity contribution in [1.82, 2.24) is 4.98 Å². The number of hydrogen-bond acceptors (Lipinski definition) is 4. The molecule has 3 N–H and O–H groups in total. The van der Waals surface area contributed by atoms with E-state index in [1.165, 1.54) is 0 Å². The lowest BCUT2D eigenvalue weighted by molar-refractivity contribution is 0.591. The second kappa shape index (κ2) is 5.87. The molecule has 0 aliphatic carbocycles. The standard InChI is InChI=1S/C13H4Br2F2N4O/c14-6-1-7(16)9(10(15)11(6)17)8-4(2-18)12(20)21-13(22)5(8)3-19/h1H,(H3,20,21,22). The van der Waals surface area contributed by atoms with Gasteiger partial charge in [-0.05, 0) is 37.9 Å². The van der Waals surface area contributed by atoms with Crippen molar-refractivity contribution in [1.29, 1.82) is 10.5 Å². The normalized spacial score (nSPS) is 10.1. The Morgan fingerprint density at radius 1 is 1.14 bits per heavy atom. The number of nitrogens with one attached hydrogen (secondary N) is 1. The molecule has 0 radical (unpaired) electrons. The summed E-state index contributed by atoms with van der Waals surface area (Å²) in [5, 5.41) is 18.3. The number of nitrogens with two attached hydrogens (primary N) is 1. The molecule has 22 heavy (non-hydrogen) atoms. The average molecular weight is 430 g/mol. The fourth-order valence-electron chi connectivity index (χ4n) is 1.89. The van der Waals surface area contributed by atoms with Crippen LogP contribution in [-0.2, 0) is 0 Å². The molecule has 0 unspecified atom stereocenters. The number of halogens is 4. The van der Waals surface area contributed by atoms with E-state index in [9.17, 15) is 18.8 Å². The van der Waals surface area contributed by atoms with Gasteiger partial charge in [0.05, 0.1) is 8.95 Å². The highest BCUT2D eigenvalue weighted by molar-refractivity contribution is 9.11. The molecule has 2 rings (SSSR count). The Morgan fingerprint density at radius 2 is 1.73 bits per heavy atom. The highest BCUT2D eigenvalue weighted by atomic mass is 79.9. The van der Waals surface area contributed by atoms with Gasteiger partial charge >= 0.3 is 0 Å². The number of benzene rings is 1. The number of anilines is 1. The molecule has 0 atom stereocenters. The van der Waals surface area contributed by atoms with Crippen LogP contribution in [0.5, 0.6) is 0 Å². The van der Waals surface area contributed by atoms with Crippen molar-refractivity contribution < 1.29 is 8.78 Å². The number of nitrogens with zero attached hydrogens (tertiary/aromatic N) is 2. The summed E-state index contributed by atoms with van der Waals surface area (Å²) in [6, 6.07) is 4.09. The quantitative estimate of drug-likeness (QED) is 0.536. The molecule has 0 saturated heterocycles. The molecule has 0 amide bonds. The minimum atomic E-state index is -0.932. The summed E-state index contributed by atoms with van der Waals surface area (Å²) in [5.41, 5.74) is 2.99. The molecule has 0 spiro atoms. The molecule has 1 aromatic carbocycles. The Labute approximate surface area is 139 Å². The van der Waals surface area contributed by atoms with E-state index >= 15 is 0 Å². The molecular weight excluding hydrogens is 426 g/mol. The second-order valence-corrected chi connectivity index (χ2v) is 5.71. The molecule has 2 aromatic rings. The van der Waals surface area contributed by atoms with E-state index in [1.54, 1.807) is 12.1 Å². The first-order valence-corrected chi connectivity index (χ1v) is 7.11. The van der Waals surface area contributed by atoms with Gasteiger partial charge in [0.1, 0.15) is 34.9 Å². The molecule has 0 saturated carbocycles. The molecule has 110 valence electrons. The summed E-state index contributed by atoms with van der Waals surface area (Å²) >= 11 is 5.71. The molecule has 9 heteroatoms. The van der Waals surface area contributed by atoms with Gasteiger partial charge in [-0.25, -0.2) is 8.78 Å². The fourth-order valence-corrected chi connectivity index (χ4v) is 3.16. The molecule has 0 aliphatic rings. The van der Waals surface area contributed by atoms with Gasteiger partial charge in [-0.2, -0.15) is 10.5 Å². The van der Waals surface area contributed by atoms with E-state index in [0.29, 0.717) is 0 Å². The van der Waals surface area contributed by atoms with Crippen molar-refractivity contribution >= 4 is 37.7 Å². The maximum atomic E-state index is 14.3. The Bertz CT molecular complexity index is 941. The van der Waals surface area contributed by atoms with E-state index < -0.39 is 28.3 Å². The van der Waals surface area contributed by atoms with Gasteiger partial charge in [-0.1, -0.05) is 0 Å². The van der Waals surface area contributed by atoms with Gasteiger partial charge in [0, 0.05) is 11.1 Å². The molecule has 5 nitrogen and oxygen atoms in total. The highest BCUT2D eigenvalue weighted by Gasteiger charge is 2.25. The monoisotopic (exact) mass is 428 g/mol. The largest absolute Gasteiger partial charge is 0.384 e. The zero-order chi connectivity index (χ0) is 16.6. The van der Waals surface area contributed by atoms with Crippen LogP contribution < -0.4 is 11.3 Å². The zero-order valence-electron chi connectivity index (χ0n) is 10.5. The van der Waals surface area contributed by atoms with Crippen LogP contribution >= 0.6 is 31.9 Å². The lowest BCUT2D eigenvalue weighted by atomic mass is 9.96. The second-order valence-electron chi connectivity index (χ2n) is 4.06. The number of pyridine rings is 1. The predicted molar refractivity (Wildman–Crippen MR) is 81.7 cm³/mol. The van der Waals surface area contributed by atoms with Crippen molar-refractivity contribution in [3.05, 3.63) is 48.1 Å². The van der Waals surface area contributed by atoms with Crippen LogP contribution in [0.3, 0.4) is 0 Å². The predicted octanol–water partition coefficient (Wildman–Crippen LogP) is 3.17. The zero-order valence-corrected chi connectivity index (χ0v) is 13.6. The van der Waals surface area contributed by atoms with Crippen molar-refractivity contribution in [3.8, 4) is 23.3 Å². The topological polar surface area (TPSA) is 106 Å². The lowest BCUT2D eigenvalue weighted by Gasteiger charge is -2.12. The first-order valence-electron chi connectivity index (χ1n) is 5.52. The van der Waals surface area contributed by atoms with Crippen LogP contribution in [-0.4, -0.2) is 4.98 Å². The fraction of sp³-hybridized carbons (Fsp3) is 0. The first-order chi connectivity index (χ1) is 10.3. The van der Waals surface area contributed by atoms with Crippen LogP contribution in [0.25, 0.3) is 11.1 Å². The van der Waals surface area contributed by atoms with Crippen molar-refractivity contribution in [2.24, 2.45) is 0 Å². The Kier molecular flexibility index (Phi) is 4.31. The minimum Gasteiger partial charge on any atom is -0.384 e. The van der Waals surface area contributed by atoms with Crippen LogP contribution in [0.1, 0.15) is 11.1 Å². The van der Waals surface area contributed by atoms with E-state index in [-0.39, 0.29) is 25.9 Å². The summed E-state index contributed by atoms with van der Waals surface area (Å²) in [4.78, 5) is 13.9. The van der Waals surface area contributed by atoms with Crippen LogP contribution in [0, 0.1) is 34.3 Å². The number of aromatic amines is 1. The summed E-state index contributed by atoms with van der Waals surface area (Å²) < 4.78 is 27.8. The van der Waals surface area contributed by atoms with Gasteiger partial charge < -0.3 is 10.7 Å². The summed E-state index contributed by atoms with van der Waals surface area (Å²) in [6.07, 6.45) is 0. The summed E-state index contributed by atoms with van der Waals surface area (Å²) in [5.74, 6) is -2.11. The number of nitrogen functional groups attached to an aromatic ring is 1. The third kappa shape index (κ3) is 2.39. The van der Waals surface area contributed by atoms with Crippen LogP contribution in [0.15, 0.2) is 19.8 Å². The van der Waals surface area contributed by atoms with Gasteiger partial charge in [0.15, 0.2) is 5.82 Å². The number of hydrogen-bond donors (Lipinski definition) is 2. The van der Waals surface area contributed by atoms with E-state index in [4.69, 9.17) is 11.0 Å². The SMILES string of the molecule is N#Cc1c(N)[nH]c(=O)c(C#N)c1-c1c(F)cc(Br)c(F)c1Br. The number of nitriles is 2. The Balaban J connectivity index is 3.10. The van der Waals surface area contributed by atoms with Crippen molar-refractivity contribution in [2.45, 2.75) is 0 Å². The third-order valence-corrected chi connectivity index (χ3v) is 4.15. The van der Waals surface area contributed by atoms with E-state index in [0.717, 1.165) is 6.07 Å². The van der Waals surface area contributed by atoms with Gasteiger partial charge in [-0.3, -0.25) is 4.79 Å². The molecule has 0 fully saturated rings. The van der Waals surface area contributed by atoms with Crippen LogP contribution in [0.4, 0.5) is 14.6 Å². The number of H-pyrrole nitrogens is 1. The molecule has 1 heterocycles. The molecule has 1 aromatic heterocycles.